The van der Waals surface area contributed by atoms with Crippen LogP contribution in [0.15, 0.2) is 28.9 Å². The molecule has 5 heteroatoms. The molecule has 1 unspecified atom stereocenters. The van der Waals surface area contributed by atoms with E-state index >= 15 is 0 Å². The van der Waals surface area contributed by atoms with Crippen LogP contribution in [0.3, 0.4) is 0 Å². The van der Waals surface area contributed by atoms with E-state index in [9.17, 15) is 9.59 Å². The summed E-state index contributed by atoms with van der Waals surface area (Å²) in [5.74, 6) is -0.641. The average Bonchev–Trinajstić information content (AvgIpc) is 2.81. The van der Waals surface area contributed by atoms with Gasteiger partial charge in [-0.15, -0.1) is 0 Å². The Labute approximate surface area is 112 Å². The largest absolute Gasteiger partial charge is 0.361 e. The number of rotatable bonds is 1. The van der Waals surface area contributed by atoms with Crippen molar-refractivity contribution < 1.29 is 9.59 Å². The molecule has 1 aromatic heterocycles. The number of piperidine rings is 1. The molecule has 2 N–H and O–H groups in total. The van der Waals surface area contributed by atoms with Crippen molar-refractivity contribution in [3.05, 3.63) is 34.4 Å². The SMILES string of the molecule is O=C1CCC(c2ccc(Br)c3cc[nH]c23)C(=O)N1. The molecule has 0 spiro atoms. The Balaban J connectivity index is 2.09. The molecule has 1 aliphatic rings. The summed E-state index contributed by atoms with van der Waals surface area (Å²) in [6, 6.07) is 5.84. The van der Waals surface area contributed by atoms with Crippen LogP contribution in [-0.4, -0.2) is 16.8 Å². The molecule has 2 amide bonds. The summed E-state index contributed by atoms with van der Waals surface area (Å²) in [6.07, 6.45) is 2.82. The van der Waals surface area contributed by atoms with Crippen LogP contribution >= 0.6 is 15.9 Å². The van der Waals surface area contributed by atoms with Crippen LogP contribution < -0.4 is 5.32 Å². The lowest BCUT2D eigenvalue weighted by atomic mass is 9.89. The molecule has 0 bridgehead atoms. The van der Waals surface area contributed by atoms with E-state index in [-0.39, 0.29) is 17.7 Å². The van der Waals surface area contributed by atoms with Gasteiger partial charge in [0.15, 0.2) is 0 Å². The minimum absolute atomic E-state index is 0.184. The van der Waals surface area contributed by atoms with Crippen LogP contribution in [0.1, 0.15) is 24.3 Å². The zero-order valence-electron chi connectivity index (χ0n) is 9.50. The quantitative estimate of drug-likeness (QED) is 0.795. The first-order chi connectivity index (χ1) is 8.66. The minimum Gasteiger partial charge on any atom is -0.361 e. The molecule has 0 aliphatic carbocycles. The molecule has 1 saturated heterocycles. The number of aromatic amines is 1. The number of aromatic nitrogens is 1. The number of halogens is 1. The Morgan fingerprint density at radius 3 is 2.83 bits per heavy atom. The molecule has 3 rings (SSSR count). The normalized spacial score (nSPS) is 20.2. The summed E-state index contributed by atoms with van der Waals surface area (Å²) in [5, 5.41) is 3.45. The van der Waals surface area contributed by atoms with Crippen LogP contribution in [0.4, 0.5) is 0 Å². The smallest absolute Gasteiger partial charge is 0.234 e. The standard InChI is InChI=1S/C13H11BrN2O2/c14-10-3-1-7(12-9(10)5-6-15-12)8-2-4-11(17)16-13(8)18/h1,3,5-6,8,15H,2,4H2,(H,16,17,18). The van der Waals surface area contributed by atoms with Gasteiger partial charge in [-0.2, -0.15) is 0 Å². The monoisotopic (exact) mass is 306 g/mol. The molecule has 18 heavy (non-hydrogen) atoms. The maximum absolute atomic E-state index is 11.9. The topological polar surface area (TPSA) is 62.0 Å². The number of benzene rings is 1. The summed E-state index contributed by atoms with van der Waals surface area (Å²) in [4.78, 5) is 26.2. The van der Waals surface area contributed by atoms with Crippen LogP contribution in [-0.2, 0) is 9.59 Å². The Kier molecular flexibility index (Phi) is 2.70. The maximum atomic E-state index is 11.9. The zero-order valence-corrected chi connectivity index (χ0v) is 11.1. The molecule has 1 fully saturated rings. The highest BCUT2D eigenvalue weighted by Crippen LogP contribution is 2.33. The molecule has 2 heterocycles. The summed E-state index contributed by atoms with van der Waals surface area (Å²) >= 11 is 3.48. The third-order valence-corrected chi connectivity index (χ3v) is 4.01. The van der Waals surface area contributed by atoms with Gasteiger partial charge < -0.3 is 4.98 Å². The molecule has 1 aliphatic heterocycles. The highest BCUT2D eigenvalue weighted by Gasteiger charge is 2.29. The van der Waals surface area contributed by atoms with Gasteiger partial charge in [0.25, 0.3) is 0 Å². The van der Waals surface area contributed by atoms with E-state index in [1.54, 1.807) is 0 Å². The molecule has 0 saturated carbocycles. The second-order valence-electron chi connectivity index (χ2n) is 4.41. The van der Waals surface area contributed by atoms with Crippen molar-refractivity contribution in [1.82, 2.24) is 10.3 Å². The molecule has 1 atom stereocenters. The molecular weight excluding hydrogens is 296 g/mol. The number of carbonyl (C=O) groups excluding carboxylic acids is 2. The molecule has 2 aromatic rings. The van der Waals surface area contributed by atoms with Crippen molar-refractivity contribution in [2.45, 2.75) is 18.8 Å². The van der Waals surface area contributed by atoms with Gasteiger partial charge in [-0.3, -0.25) is 14.9 Å². The van der Waals surface area contributed by atoms with Gasteiger partial charge in [-0.25, -0.2) is 0 Å². The van der Waals surface area contributed by atoms with Gasteiger partial charge in [0.2, 0.25) is 11.8 Å². The van der Waals surface area contributed by atoms with Crippen molar-refractivity contribution >= 4 is 38.6 Å². The van der Waals surface area contributed by atoms with Crippen molar-refractivity contribution in [2.24, 2.45) is 0 Å². The number of imide groups is 1. The van der Waals surface area contributed by atoms with Crippen LogP contribution in [0.2, 0.25) is 0 Å². The van der Waals surface area contributed by atoms with Crippen LogP contribution in [0, 0.1) is 0 Å². The number of nitrogens with one attached hydrogen (secondary N) is 2. The fourth-order valence-electron chi connectivity index (χ4n) is 2.42. The highest BCUT2D eigenvalue weighted by atomic mass is 79.9. The lowest BCUT2D eigenvalue weighted by Crippen LogP contribution is -2.39. The number of hydrogen-bond acceptors (Lipinski definition) is 2. The minimum atomic E-state index is -0.253. The number of fused-ring (bicyclic) bond motifs is 1. The number of carbonyl (C=O) groups is 2. The molecule has 0 radical (unpaired) electrons. The van der Waals surface area contributed by atoms with Gasteiger partial charge in [0.05, 0.1) is 11.4 Å². The summed E-state index contributed by atoms with van der Waals surface area (Å²) < 4.78 is 0.995. The lowest BCUT2D eigenvalue weighted by molar-refractivity contribution is -0.134. The maximum Gasteiger partial charge on any atom is 0.234 e. The van der Waals surface area contributed by atoms with E-state index in [0.717, 1.165) is 20.9 Å². The van der Waals surface area contributed by atoms with E-state index in [1.807, 2.05) is 24.4 Å². The number of amides is 2. The molecule has 1 aromatic carbocycles. The van der Waals surface area contributed by atoms with E-state index in [0.29, 0.717) is 12.8 Å². The Morgan fingerprint density at radius 1 is 1.22 bits per heavy atom. The van der Waals surface area contributed by atoms with Gasteiger partial charge in [0, 0.05) is 22.5 Å². The second kappa shape index (κ2) is 4.24. The van der Waals surface area contributed by atoms with Gasteiger partial charge in [0.1, 0.15) is 0 Å². The first kappa shape index (κ1) is 11.5. The first-order valence-corrected chi connectivity index (χ1v) is 6.55. The van der Waals surface area contributed by atoms with E-state index in [2.05, 4.69) is 26.2 Å². The predicted molar refractivity (Wildman–Crippen MR) is 71.1 cm³/mol. The third-order valence-electron chi connectivity index (χ3n) is 3.32. The average molecular weight is 307 g/mol. The van der Waals surface area contributed by atoms with E-state index in [4.69, 9.17) is 0 Å². The fourth-order valence-corrected chi connectivity index (χ4v) is 2.89. The Morgan fingerprint density at radius 2 is 2.06 bits per heavy atom. The molecular formula is C13H11BrN2O2. The molecule has 4 nitrogen and oxygen atoms in total. The molecule has 92 valence electrons. The number of hydrogen-bond donors (Lipinski definition) is 2. The number of H-pyrrole nitrogens is 1. The summed E-state index contributed by atoms with van der Waals surface area (Å²) in [7, 11) is 0. The van der Waals surface area contributed by atoms with Gasteiger partial charge >= 0.3 is 0 Å². The van der Waals surface area contributed by atoms with Gasteiger partial charge in [-0.1, -0.05) is 22.0 Å². The van der Waals surface area contributed by atoms with Crippen molar-refractivity contribution in [1.29, 1.82) is 0 Å². The third kappa shape index (κ3) is 1.75. The van der Waals surface area contributed by atoms with Crippen molar-refractivity contribution in [3.8, 4) is 0 Å². The van der Waals surface area contributed by atoms with E-state index in [1.165, 1.54) is 0 Å². The van der Waals surface area contributed by atoms with E-state index < -0.39 is 0 Å². The Bertz CT molecular complexity index is 647. The summed E-state index contributed by atoms with van der Waals surface area (Å²) in [5.41, 5.74) is 1.90. The fraction of sp³-hybridized carbons (Fsp3) is 0.231. The van der Waals surface area contributed by atoms with Gasteiger partial charge in [-0.05, 0) is 24.1 Å². The predicted octanol–water partition coefficient (Wildman–Crippen LogP) is 2.45. The Hall–Kier alpha value is -1.62. The highest BCUT2D eigenvalue weighted by molar-refractivity contribution is 9.10. The van der Waals surface area contributed by atoms with Crippen molar-refractivity contribution in [3.63, 3.8) is 0 Å². The van der Waals surface area contributed by atoms with Crippen LogP contribution in [0.5, 0.6) is 0 Å². The zero-order chi connectivity index (χ0) is 12.7. The van der Waals surface area contributed by atoms with Crippen molar-refractivity contribution in [2.75, 3.05) is 0 Å². The summed E-state index contributed by atoms with van der Waals surface area (Å²) in [6.45, 7) is 0. The first-order valence-electron chi connectivity index (χ1n) is 5.76. The lowest BCUT2D eigenvalue weighted by Gasteiger charge is -2.21. The van der Waals surface area contributed by atoms with Crippen LogP contribution in [0.25, 0.3) is 10.9 Å². The second-order valence-corrected chi connectivity index (χ2v) is 5.26.